The summed E-state index contributed by atoms with van der Waals surface area (Å²) in [6.07, 6.45) is 4.75. The van der Waals surface area contributed by atoms with Gasteiger partial charge in [-0.3, -0.25) is 19.1 Å². The first-order valence-corrected chi connectivity index (χ1v) is 19.2. The molecule has 0 bridgehead atoms. The van der Waals surface area contributed by atoms with Crippen LogP contribution in [0.15, 0.2) is 67.3 Å². The Morgan fingerprint density at radius 3 is 2.39 bits per heavy atom. The maximum Gasteiger partial charge on any atom is 0.259 e. The van der Waals surface area contributed by atoms with E-state index in [4.69, 9.17) is 20.4 Å². The average Bonchev–Trinajstić information content (AvgIpc) is 4.05. The van der Waals surface area contributed by atoms with Crippen molar-refractivity contribution in [3.8, 4) is 17.3 Å². The van der Waals surface area contributed by atoms with Gasteiger partial charge in [0.05, 0.1) is 28.2 Å². The van der Waals surface area contributed by atoms with Crippen LogP contribution in [-0.4, -0.2) is 76.0 Å². The largest absolute Gasteiger partial charge is 0.472 e. The van der Waals surface area contributed by atoms with Crippen molar-refractivity contribution in [3.63, 3.8) is 0 Å². The Kier molecular flexibility index (Phi) is 8.73. The van der Waals surface area contributed by atoms with Crippen LogP contribution in [0.4, 0.5) is 0 Å². The lowest BCUT2D eigenvalue weighted by molar-refractivity contribution is -0.142. The maximum atomic E-state index is 14.2. The Balaban J connectivity index is 1.15. The van der Waals surface area contributed by atoms with E-state index in [1.165, 1.54) is 4.90 Å². The third kappa shape index (κ3) is 6.73. The van der Waals surface area contributed by atoms with E-state index in [0.717, 1.165) is 18.4 Å². The third-order valence-electron chi connectivity index (χ3n) is 10.9. The number of rotatable bonds is 12. The van der Waals surface area contributed by atoms with Gasteiger partial charge in [-0.25, -0.2) is 13.4 Å². The normalized spacial score (nSPS) is 25.9. The molecule has 7 rings (SSSR count). The Hall–Kier alpha value is -4.36. The second-order valence-corrected chi connectivity index (χ2v) is 17.9. The van der Waals surface area contributed by atoms with E-state index in [1.54, 1.807) is 6.08 Å². The molecule has 51 heavy (non-hydrogen) atoms. The fourth-order valence-corrected chi connectivity index (χ4v) is 8.90. The fraction of sp³-hybridized carbons (Fsp3) is 0.500. The van der Waals surface area contributed by atoms with Gasteiger partial charge in [-0.15, -0.1) is 6.58 Å². The minimum atomic E-state index is -3.97. The van der Waals surface area contributed by atoms with Crippen LogP contribution in [0.2, 0.25) is 0 Å². The van der Waals surface area contributed by atoms with Gasteiger partial charge >= 0.3 is 0 Å². The number of carbonyl (C=O) groups excluding carboxylic acids is 3. The Morgan fingerprint density at radius 2 is 1.76 bits per heavy atom. The minimum absolute atomic E-state index is 0.0435. The molecule has 3 aliphatic carbocycles. The average molecular weight is 715 g/mol. The van der Waals surface area contributed by atoms with E-state index < -0.39 is 67.6 Å². The van der Waals surface area contributed by atoms with Gasteiger partial charge in [0.15, 0.2) is 5.82 Å². The molecule has 3 aromatic rings. The fourth-order valence-electron chi connectivity index (χ4n) is 7.16. The van der Waals surface area contributed by atoms with Crippen molar-refractivity contribution in [1.29, 1.82) is 0 Å². The number of aromatic nitrogens is 2. The van der Waals surface area contributed by atoms with Gasteiger partial charge in [0.1, 0.15) is 17.7 Å². The minimum Gasteiger partial charge on any atom is -0.472 e. The van der Waals surface area contributed by atoms with Crippen LogP contribution in [0.3, 0.4) is 0 Å². The van der Waals surface area contributed by atoms with Gasteiger partial charge in [0, 0.05) is 17.9 Å². The van der Waals surface area contributed by atoms with Crippen molar-refractivity contribution >= 4 is 38.6 Å². The SMILES string of the molecule is C=C[C@@H]1C[C@]1(NC(=O)[C@@H]1C[C@@H](Oc2nc(-c3ccccc3)nc3ccccc23)CN1C(=O)C(N)C(C)(C)C)C(=O)NS(=O)(=O)C1(CC2CC2)CC1. The lowest BCUT2D eigenvalue weighted by atomic mass is 9.86. The first-order valence-electron chi connectivity index (χ1n) is 17.7. The second-order valence-electron chi connectivity index (χ2n) is 15.8. The number of amides is 3. The van der Waals surface area contributed by atoms with Crippen molar-refractivity contribution in [2.75, 3.05) is 6.54 Å². The summed E-state index contributed by atoms with van der Waals surface area (Å²) in [5, 5.41) is 3.54. The number of nitrogens with two attached hydrogens (primary N) is 1. The number of benzene rings is 2. The van der Waals surface area contributed by atoms with Crippen molar-refractivity contribution in [1.82, 2.24) is 24.9 Å². The summed E-state index contributed by atoms with van der Waals surface area (Å²) in [4.78, 5) is 52.9. The number of carbonyl (C=O) groups is 3. The molecule has 270 valence electrons. The highest BCUT2D eigenvalue weighted by atomic mass is 32.2. The van der Waals surface area contributed by atoms with E-state index in [1.807, 2.05) is 75.4 Å². The highest BCUT2D eigenvalue weighted by Gasteiger charge is 2.64. The summed E-state index contributed by atoms with van der Waals surface area (Å²) in [7, 11) is -3.97. The smallest absolute Gasteiger partial charge is 0.259 e. The number of ether oxygens (including phenoxy) is 1. The monoisotopic (exact) mass is 714 g/mol. The molecule has 2 aromatic carbocycles. The maximum absolute atomic E-state index is 14.2. The van der Waals surface area contributed by atoms with Gasteiger partial charge in [-0.05, 0) is 49.1 Å². The molecule has 3 amide bonds. The zero-order chi connectivity index (χ0) is 36.3. The Labute approximate surface area is 298 Å². The number of hydrogen-bond acceptors (Lipinski definition) is 9. The number of fused-ring (bicyclic) bond motifs is 1. The van der Waals surface area contributed by atoms with Crippen molar-refractivity contribution in [3.05, 3.63) is 67.3 Å². The molecule has 1 unspecified atom stereocenters. The number of sulfonamides is 1. The summed E-state index contributed by atoms with van der Waals surface area (Å²) in [5.41, 5.74) is 5.82. The third-order valence-corrected chi connectivity index (χ3v) is 13.1. The Morgan fingerprint density at radius 1 is 1.08 bits per heavy atom. The summed E-state index contributed by atoms with van der Waals surface area (Å²) < 4.78 is 34.9. The second kappa shape index (κ2) is 12.7. The molecule has 5 atom stereocenters. The van der Waals surface area contributed by atoms with E-state index in [9.17, 15) is 22.8 Å². The number of hydrogen-bond donors (Lipinski definition) is 3. The van der Waals surface area contributed by atoms with Crippen LogP contribution in [0, 0.1) is 17.3 Å². The van der Waals surface area contributed by atoms with Gasteiger partial charge < -0.3 is 20.7 Å². The molecule has 12 nitrogen and oxygen atoms in total. The molecule has 13 heteroatoms. The van der Waals surface area contributed by atoms with Gasteiger partial charge in [-0.1, -0.05) is 82.2 Å². The van der Waals surface area contributed by atoms with Gasteiger partial charge in [-0.2, -0.15) is 4.98 Å². The zero-order valence-corrected chi connectivity index (χ0v) is 30.1. The number of para-hydroxylation sites is 1. The molecule has 1 saturated heterocycles. The molecule has 4 N–H and O–H groups in total. The summed E-state index contributed by atoms with van der Waals surface area (Å²) >= 11 is 0. The molecule has 1 aliphatic heterocycles. The van der Waals surface area contributed by atoms with Crippen molar-refractivity contribution in [2.45, 2.75) is 94.2 Å². The van der Waals surface area contributed by atoms with Crippen molar-refractivity contribution in [2.24, 2.45) is 23.0 Å². The number of likely N-dealkylation sites (tertiary alicyclic amines) is 1. The standard InChI is InChI=1S/C38H46N6O6S/c1-5-25-21-38(25,35(47)43-51(48,49)37(17-18-37)20-23-15-16-23)42-32(45)29-19-26(22-44(29)34(46)30(39)36(2,3)4)50-33-27-13-9-10-14-28(27)40-31(41-33)24-11-7-6-8-12-24/h5-14,23,25-26,29-30H,1,15-22,39H2,2-4H3,(H,42,45)(H,43,47)/t25-,26-,29+,30?,38-/m1/s1. The molecule has 0 radical (unpaired) electrons. The Bertz CT molecular complexity index is 1990. The predicted octanol–water partition coefficient (Wildman–Crippen LogP) is 3.86. The number of nitrogens with zero attached hydrogens (tertiary/aromatic N) is 3. The topological polar surface area (TPSA) is 174 Å². The molecule has 2 heterocycles. The van der Waals surface area contributed by atoms with Gasteiger partial charge in [0.2, 0.25) is 27.7 Å². The summed E-state index contributed by atoms with van der Waals surface area (Å²) in [5.74, 6) is -1.12. The van der Waals surface area contributed by atoms with Crippen LogP contribution in [-0.2, 0) is 24.4 Å². The summed E-state index contributed by atoms with van der Waals surface area (Å²) in [6.45, 7) is 9.41. The van der Waals surface area contributed by atoms with E-state index in [2.05, 4.69) is 16.6 Å². The van der Waals surface area contributed by atoms with Gasteiger partial charge in [0.25, 0.3) is 5.91 Å². The van der Waals surface area contributed by atoms with Crippen LogP contribution < -0.4 is 20.5 Å². The molecule has 4 aliphatic rings. The van der Waals surface area contributed by atoms with E-state index in [-0.39, 0.29) is 19.4 Å². The van der Waals surface area contributed by atoms with Crippen LogP contribution >= 0.6 is 0 Å². The number of nitrogens with one attached hydrogen (secondary N) is 2. The molecule has 0 spiro atoms. The zero-order valence-electron chi connectivity index (χ0n) is 29.3. The lowest BCUT2D eigenvalue weighted by Gasteiger charge is -2.33. The van der Waals surface area contributed by atoms with E-state index in [0.29, 0.717) is 47.8 Å². The van der Waals surface area contributed by atoms with Crippen molar-refractivity contribution < 1.29 is 27.5 Å². The highest BCUT2D eigenvalue weighted by Crippen LogP contribution is 2.53. The van der Waals surface area contributed by atoms with E-state index >= 15 is 0 Å². The molecule has 4 fully saturated rings. The van der Waals surface area contributed by atoms with Crippen LogP contribution in [0.1, 0.15) is 65.7 Å². The quantitative estimate of drug-likeness (QED) is 0.236. The predicted molar refractivity (Wildman–Crippen MR) is 192 cm³/mol. The molecular formula is C38H46N6O6S. The first kappa shape index (κ1) is 35.1. The first-order chi connectivity index (χ1) is 24.2. The van der Waals surface area contributed by atoms with Crippen LogP contribution in [0.5, 0.6) is 5.88 Å². The summed E-state index contributed by atoms with van der Waals surface area (Å²) in [6, 6.07) is 15.0. The molecular weight excluding hydrogens is 669 g/mol. The molecule has 3 saturated carbocycles. The molecule has 1 aromatic heterocycles. The van der Waals surface area contributed by atoms with Crippen LogP contribution in [0.25, 0.3) is 22.3 Å². The highest BCUT2D eigenvalue weighted by molar-refractivity contribution is 7.91. The lowest BCUT2D eigenvalue weighted by Crippen LogP contribution is -2.59.